The van der Waals surface area contributed by atoms with Crippen molar-refractivity contribution >= 4 is 32.6 Å². The normalized spacial score (nSPS) is 18.4. The van der Waals surface area contributed by atoms with Gasteiger partial charge in [-0.3, -0.25) is 4.79 Å². The largest absolute Gasteiger partial charge is 0.359 e. The van der Waals surface area contributed by atoms with Gasteiger partial charge in [0.15, 0.2) is 11.0 Å². The van der Waals surface area contributed by atoms with Gasteiger partial charge in [0.2, 0.25) is 0 Å². The predicted molar refractivity (Wildman–Crippen MR) is 129 cm³/mol. The molecule has 33 heavy (non-hydrogen) atoms. The van der Waals surface area contributed by atoms with Crippen LogP contribution >= 0.6 is 11.3 Å². The lowest BCUT2D eigenvalue weighted by atomic mass is 9.89. The molecule has 2 aromatic carbocycles. The van der Waals surface area contributed by atoms with Crippen LogP contribution in [-0.2, 0) is 0 Å². The number of para-hydroxylation sites is 1. The number of likely N-dealkylation sites (tertiary alicyclic amines) is 1. The van der Waals surface area contributed by atoms with Gasteiger partial charge in [0.1, 0.15) is 5.82 Å². The Morgan fingerprint density at radius 3 is 2.82 bits per heavy atom. The third kappa shape index (κ3) is 4.43. The van der Waals surface area contributed by atoms with Gasteiger partial charge in [0.05, 0.1) is 21.8 Å². The molecule has 0 spiro atoms. The maximum absolute atomic E-state index is 14.2. The molecule has 8 heteroatoms. The van der Waals surface area contributed by atoms with Gasteiger partial charge in [-0.25, -0.2) is 19.3 Å². The van der Waals surface area contributed by atoms with Crippen molar-refractivity contribution in [3.8, 4) is 11.4 Å². The molecule has 6 nitrogen and oxygen atoms in total. The van der Waals surface area contributed by atoms with Crippen molar-refractivity contribution < 1.29 is 9.18 Å². The highest BCUT2D eigenvalue weighted by atomic mass is 32.1. The van der Waals surface area contributed by atoms with E-state index in [1.165, 1.54) is 12.1 Å². The van der Waals surface area contributed by atoms with Gasteiger partial charge in [-0.15, -0.1) is 0 Å². The minimum absolute atomic E-state index is 0.0360. The number of nitrogens with zero attached hydrogens (tertiary/aromatic N) is 4. The van der Waals surface area contributed by atoms with Gasteiger partial charge in [0, 0.05) is 31.0 Å². The third-order valence-corrected chi connectivity index (χ3v) is 7.15. The van der Waals surface area contributed by atoms with E-state index in [2.05, 4.69) is 27.2 Å². The van der Waals surface area contributed by atoms with E-state index in [4.69, 9.17) is 0 Å². The summed E-state index contributed by atoms with van der Waals surface area (Å²) in [4.78, 5) is 28.8. The fourth-order valence-electron chi connectivity index (χ4n) is 4.43. The molecule has 0 aliphatic carbocycles. The van der Waals surface area contributed by atoms with E-state index >= 15 is 0 Å². The molecule has 5 rings (SSSR count). The number of halogens is 1. The topological polar surface area (TPSA) is 71.0 Å². The van der Waals surface area contributed by atoms with Crippen molar-refractivity contribution in [3.05, 3.63) is 72.3 Å². The Kier molecular flexibility index (Phi) is 6.00. The Bertz CT molecular complexity index is 1250. The van der Waals surface area contributed by atoms with Gasteiger partial charge in [0.25, 0.3) is 5.91 Å². The SMILES string of the molecule is CC1CCCN(C(=O)c2cc(F)ccc2-c2ncccn2)C1CNc1nc2ccccc2s1. The molecule has 0 saturated carbocycles. The molecule has 0 radical (unpaired) electrons. The number of nitrogens with one attached hydrogen (secondary N) is 1. The zero-order chi connectivity index (χ0) is 22.8. The molecule has 1 fully saturated rings. The molecule has 2 aromatic heterocycles. The van der Waals surface area contributed by atoms with E-state index in [0.29, 0.717) is 36.0 Å². The maximum Gasteiger partial charge on any atom is 0.255 e. The summed E-state index contributed by atoms with van der Waals surface area (Å²) in [6.45, 7) is 3.37. The van der Waals surface area contributed by atoms with Crippen LogP contribution in [0.5, 0.6) is 0 Å². The molecule has 1 aliphatic rings. The Morgan fingerprint density at radius 1 is 1.18 bits per heavy atom. The molecule has 2 atom stereocenters. The van der Waals surface area contributed by atoms with Gasteiger partial charge in [-0.2, -0.15) is 0 Å². The van der Waals surface area contributed by atoms with Crippen LogP contribution in [0, 0.1) is 11.7 Å². The average molecular weight is 462 g/mol. The molecule has 4 aromatic rings. The summed E-state index contributed by atoms with van der Waals surface area (Å²) in [5, 5.41) is 4.28. The third-order valence-electron chi connectivity index (χ3n) is 6.15. The molecule has 0 bridgehead atoms. The summed E-state index contributed by atoms with van der Waals surface area (Å²) in [6, 6.07) is 13.9. The van der Waals surface area contributed by atoms with E-state index in [-0.39, 0.29) is 11.9 Å². The predicted octanol–water partition coefficient (Wildman–Crippen LogP) is 5.25. The first-order valence-electron chi connectivity index (χ1n) is 11.1. The van der Waals surface area contributed by atoms with Crippen LogP contribution in [0.1, 0.15) is 30.1 Å². The Hall–Kier alpha value is -3.39. The van der Waals surface area contributed by atoms with Crippen molar-refractivity contribution in [2.45, 2.75) is 25.8 Å². The van der Waals surface area contributed by atoms with E-state index < -0.39 is 5.82 Å². The minimum atomic E-state index is -0.452. The van der Waals surface area contributed by atoms with Crippen LogP contribution in [0.2, 0.25) is 0 Å². The smallest absolute Gasteiger partial charge is 0.255 e. The number of fused-ring (bicyclic) bond motifs is 1. The standard InChI is InChI=1S/C25H24FN5OS/c1-16-6-4-13-31(21(16)15-29-25-30-20-7-2-3-8-22(20)33-25)24(32)19-14-17(26)9-10-18(19)23-27-11-5-12-28-23/h2-3,5,7-12,14,16,21H,4,6,13,15H2,1H3,(H,29,30). The quantitative estimate of drug-likeness (QED) is 0.440. The van der Waals surface area contributed by atoms with Crippen LogP contribution in [0.25, 0.3) is 21.6 Å². The number of anilines is 1. The molecule has 2 unspecified atom stereocenters. The molecular weight excluding hydrogens is 437 g/mol. The van der Waals surface area contributed by atoms with Gasteiger partial charge < -0.3 is 10.2 Å². The van der Waals surface area contributed by atoms with Crippen LogP contribution in [0.3, 0.4) is 0 Å². The Labute approximate surface area is 195 Å². The number of benzene rings is 2. The number of amides is 1. The first-order chi connectivity index (χ1) is 16.1. The summed E-state index contributed by atoms with van der Waals surface area (Å²) >= 11 is 1.60. The lowest BCUT2D eigenvalue weighted by Gasteiger charge is -2.40. The van der Waals surface area contributed by atoms with Crippen molar-refractivity contribution in [2.75, 3.05) is 18.4 Å². The fraction of sp³-hybridized carbons (Fsp3) is 0.280. The van der Waals surface area contributed by atoms with E-state index in [1.807, 2.05) is 29.2 Å². The lowest BCUT2D eigenvalue weighted by Crippen LogP contribution is -2.51. The molecule has 1 amide bonds. The van der Waals surface area contributed by atoms with Gasteiger partial charge in [-0.1, -0.05) is 30.4 Å². The highest BCUT2D eigenvalue weighted by molar-refractivity contribution is 7.22. The first-order valence-corrected chi connectivity index (χ1v) is 11.9. The second-order valence-electron chi connectivity index (χ2n) is 8.32. The summed E-state index contributed by atoms with van der Waals surface area (Å²) in [7, 11) is 0. The zero-order valence-corrected chi connectivity index (χ0v) is 19.1. The molecule has 1 N–H and O–H groups in total. The van der Waals surface area contributed by atoms with Crippen molar-refractivity contribution in [2.24, 2.45) is 5.92 Å². The highest BCUT2D eigenvalue weighted by Crippen LogP contribution is 2.30. The van der Waals surface area contributed by atoms with Crippen LogP contribution < -0.4 is 5.32 Å². The first kappa shape index (κ1) is 21.5. The Morgan fingerprint density at radius 2 is 2.00 bits per heavy atom. The van der Waals surface area contributed by atoms with Crippen LogP contribution in [-0.4, -0.2) is 44.9 Å². The molecular formula is C25H24FN5OS. The van der Waals surface area contributed by atoms with E-state index in [1.54, 1.807) is 35.9 Å². The van der Waals surface area contributed by atoms with Crippen LogP contribution in [0.15, 0.2) is 60.9 Å². The van der Waals surface area contributed by atoms with E-state index in [0.717, 1.165) is 28.2 Å². The van der Waals surface area contributed by atoms with Crippen molar-refractivity contribution in [3.63, 3.8) is 0 Å². The second-order valence-corrected chi connectivity index (χ2v) is 9.35. The number of thiazole rings is 1. The Balaban J connectivity index is 1.42. The van der Waals surface area contributed by atoms with E-state index in [9.17, 15) is 9.18 Å². The number of hydrogen-bond donors (Lipinski definition) is 1. The fourth-order valence-corrected chi connectivity index (χ4v) is 5.31. The molecule has 168 valence electrons. The summed E-state index contributed by atoms with van der Waals surface area (Å²) in [5.41, 5.74) is 1.79. The highest BCUT2D eigenvalue weighted by Gasteiger charge is 2.33. The lowest BCUT2D eigenvalue weighted by molar-refractivity contribution is 0.0540. The zero-order valence-electron chi connectivity index (χ0n) is 18.2. The molecule has 1 aliphatic heterocycles. The summed E-state index contributed by atoms with van der Waals surface area (Å²) in [6.07, 6.45) is 5.19. The van der Waals surface area contributed by atoms with Crippen molar-refractivity contribution in [1.29, 1.82) is 0 Å². The summed E-state index contributed by atoms with van der Waals surface area (Å²) in [5.74, 6) is 0.0662. The monoisotopic (exact) mass is 461 g/mol. The number of carbonyl (C=O) groups excluding carboxylic acids is 1. The summed E-state index contributed by atoms with van der Waals surface area (Å²) < 4.78 is 15.3. The van der Waals surface area contributed by atoms with Crippen molar-refractivity contribution in [1.82, 2.24) is 19.9 Å². The van der Waals surface area contributed by atoms with Gasteiger partial charge in [-0.05, 0) is 55.2 Å². The number of piperidine rings is 1. The second kappa shape index (κ2) is 9.23. The van der Waals surface area contributed by atoms with Crippen LogP contribution in [0.4, 0.5) is 9.52 Å². The number of rotatable bonds is 5. The minimum Gasteiger partial charge on any atom is -0.359 e. The van der Waals surface area contributed by atoms with Gasteiger partial charge >= 0.3 is 0 Å². The maximum atomic E-state index is 14.2. The average Bonchev–Trinajstić information content (AvgIpc) is 3.26. The molecule has 1 saturated heterocycles. The molecule has 3 heterocycles. The number of aromatic nitrogens is 3. The number of hydrogen-bond acceptors (Lipinski definition) is 6. The number of carbonyl (C=O) groups is 1.